The molecule has 6 nitrogen and oxygen atoms in total. The quantitative estimate of drug-likeness (QED) is 0.776. The predicted molar refractivity (Wildman–Crippen MR) is 72.3 cm³/mol. The minimum Gasteiger partial charge on any atom is -0.475 e. The molecule has 1 aliphatic heterocycles. The molecular formula is C12H18N2O4S. The lowest BCUT2D eigenvalue weighted by Gasteiger charge is -2.12. The van der Waals surface area contributed by atoms with E-state index in [0.29, 0.717) is 25.5 Å². The maximum atomic E-state index is 11.3. The Labute approximate surface area is 113 Å². The van der Waals surface area contributed by atoms with Crippen LogP contribution in [0.3, 0.4) is 0 Å². The highest BCUT2D eigenvalue weighted by molar-refractivity contribution is 7.91. The largest absolute Gasteiger partial charge is 0.475 e. The summed E-state index contributed by atoms with van der Waals surface area (Å²) in [4.78, 5) is 4.14. The third-order valence-electron chi connectivity index (χ3n) is 2.88. The predicted octanol–water partition coefficient (Wildman–Crippen LogP) is 0.706. The normalized spacial score (nSPS) is 21.2. The van der Waals surface area contributed by atoms with Crippen LogP contribution in [0.5, 0.6) is 5.88 Å². The third-order valence-corrected chi connectivity index (χ3v) is 4.64. The maximum absolute atomic E-state index is 11.3. The van der Waals surface area contributed by atoms with Gasteiger partial charge in [0.2, 0.25) is 5.88 Å². The Bertz CT molecular complexity index is 501. The summed E-state index contributed by atoms with van der Waals surface area (Å²) in [6, 6.07) is 3.56. The highest BCUT2D eigenvalue weighted by Crippen LogP contribution is 2.18. The average Bonchev–Trinajstić information content (AvgIpc) is 2.71. The topological polar surface area (TPSA) is 77.5 Å². The highest BCUT2D eigenvalue weighted by atomic mass is 32.2. The molecule has 0 saturated carbocycles. The van der Waals surface area contributed by atoms with Crippen molar-refractivity contribution in [2.45, 2.75) is 12.5 Å². The molecule has 0 aromatic carbocycles. The van der Waals surface area contributed by atoms with Gasteiger partial charge in [0.25, 0.3) is 0 Å². The van der Waals surface area contributed by atoms with Crippen molar-refractivity contribution in [1.82, 2.24) is 4.98 Å². The molecule has 1 saturated heterocycles. The lowest BCUT2D eigenvalue weighted by atomic mass is 10.2. The van der Waals surface area contributed by atoms with Crippen molar-refractivity contribution in [1.29, 1.82) is 0 Å². The Balaban J connectivity index is 1.85. The van der Waals surface area contributed by atoms with E-state index in [4.69, 9.17) is 9.47 Å². The van der Waals surface area contributed by atoms with Crippen molar-refractivity contribution in [2.24, 2.45) is 0 Å². The fourth-order valence-electron chi connectivity index (χ4n) is 1.93. The number of nitrogens with one attached hydrogen (secondary N) is 1. The number of methoxy groups -OCH3 is 1. The smallest absolute Gasteiger partial charge is 0.213 e. The van der Waals surface area contributed by atoms with Crippen LogP contribution in [-0.2, 0) is 14.6 Å². The first kappa shape index (κ1) is 14.1. The first-order valence-electron chi connectivity index (χ1n) is 6.14. The van der Waals surface area contributed by atoms with Gasteiger partial charge in [-0.1, -0.05) is 0 Å². The zero-order chi connectivity index (χ0) is 13.7. The second-order valence-electron chi connectivity index (χ2n) is 4.47. The number of aromatic nitrogens is 1. The molecular weight excluding hydrogens is 268 g/mol. The fourth-order valence-corrected chi connectivity index (χ4v) is 3.60. The fraction of sp³-hybridized carbons (Fsp3) is 0.583. The zero-order valence-electron chi connectivity index (χ0n) is 10.8. The Morgan fingerprint density at radius 2 is 2.26 bits per heavy atom. The Morgan fingerprint density at radius 3 is 2.84 bits per heavy atom. The van der Waals surface area contributed by atoms with Crippen LogP contribution in [0.4, 0.5) is 5.69 Å². The number of ether oxygens (including phenoxy) is 2. The van der Waals surface area contributed by atoms with Crippen molar-refractivity contribution >= 4 is 15.5 Å². The van der Waals surface area contributed by atoms with Crippen LogP contribution in [0.25, 0.3) is 0 Å². The Hall–Kier alpha value is -1.34. The summed E-state index contributed by atoms with van der Waals surface area (Å²) >= 11 is 0. The summed E-state index contributed by atoms with van der Waals surface area (Å²) in [5.41, 5.74) is 0.807. The van der Waals surface area contributed by atoms with Gasteiger partial charge >= 0.3 is 0 Å². The molecule has 0 spiro atoms. The van der Waals surface area contributed by atoms with Crippen LogP contribution in [0.15, 0.2) is 18.3 Å². The zero-order valence-corrected chi connectivity index (χ0v) is 11.6. The van der Waals surface area contributed by atoms with E-state index < -0.39 is 9.84 Å². The second-order valence-corrected chi connectivity index (χ2v) is 6.70. The standard InChI is InChI=1S/C12H18N2O4S/c1-17-5-6-18-12-3-2-10(8-13-12)14-11-4-7-19(15,16)9-11/h2-3,8,11,14H,4-7,9H2,1H3. The van der Waals surface area contributed by atoms with Crippen LogP contribution in [0.2, 0.25) is 0 Å². The van der Waals surface area contributed by atoms with Gasteiger partial charge in [-0.25, -0.2) is 13.4 Å². The molecule has 1 atom stereocenters. The maximum Gasteiger partial charge on any atom is 0.213 e. The molecule has 0 aliphatic carbocycles. The van der Waals surface area contributed by atoms with Gasteiger partial charge in [0, 0.05) is 19.2 Å². The molecule has 0 amide bonds. The summed E-state index contributed by atoms with van der Waals surface area (Å²) in [7, 11) is -1.25. The lowest BCUT2D eigenvalue weighted by Crippen LogP contribution is -2.20. The summed E-state index contributed by atoms with van der Waals surface area (Å²) in [6.45, 7) is 0.971. The van der Waals surface area contributed by atoms with E-state index in [1.165, 1.54) is 0 Å². The lowest BCUT2D eigenvalue weighted by molar-refractivity contribution is 0.144. The van der Waals surface area contributed by atoms with Gasteiger partial charge in [0.15, 0.2) is 9.84 Å². The molecule has 1 N–H and O–H groups in total. The molecule has 1 aromatic rings. The van der Waals surface area contributed by atoms with Crippen LogP contribution in [0, 0.1) is 0 Å². The van der Waals surface area contributed by atoms with Gasteiger partial charge < -0.3 is 14.8 Å². The van der Waals surface area contributed by atoms with Crippen molar-refractivity contribution in [3.8, 4) is 5.88 Å². The van der Waals surface area contributed by atoms with E-state index in [1.54, 1.807) is 19.4 Å². The van der Waals surface area contributed by atoms with E-state index in [1.807, 2.05) is 6.07 Å². The Morgan fingerprint density at radius 1 is 1.42 bits per heavy atom. The van der Waals surface area contributed by atoms with E-state index in [9.17, 15) is 8.42 Å². The van der Waals surface area contributed by atoms with Crippen molar-refractivity contribution in [2.75, 3.05) is 37.1 Å². The molecule has 0 radical (unpaired) electrons. The van der Waals surface area contributed by atoms with E-state index >= 15 is 0 Å². The third kappa shape index (κ3) is 4.36. The molecule has 1 aliphatic rings. The number of rotatable bonds is 6. The van der Waals surface area contributed by atoms with Gasteiger partial charge in [-0.15, -0.1) is 0 Å². The van der Waals surface area contributed by atoms with Gasteiger partial charge in [0.1, 0.15) is 6.61 Å². The summed E-state index contributed by atoms with van der Waals surface area (Å²) in [5, 5.41) is 3.17. The first-order valence-corrected chi connectivity index (χ1v) is 7.96. The molecule has 2 rings (SSSR count). The molecule has 1 fully saturated rings. The van der Waals surface area contributed by atoms with E-state index in [0.717, 1.165) is 5.69 Å². The van der Waals surface area contributed by atoms with Gasteiger partial charge in [-0.2, -0.15) is 0 Å². The van der Waals surface area contributed by atoms with Gasteiger partial charge in [0.05, 0.1) is 30.0 Å². The van der Waals surface area contributed by atoms with E-state index in [2.05, 4.69) is 10.3 Å². The van der Waals surface area contributed by atoms with Crippen LogP contribution < -0.4 is 10.1 Å². The molecule has 7 heteroatoms. The summed E-state index contributed by atoms with van der Waals surface area (Å²) in [6.07, 6.45) is 2.29. The van der Waals surface area contributed by atoms with Crippen LogP contribution in [-0.4, -0.2) is 51.3 Å². The SMILES string of the molecule is COCCOc1ccc(NC2CCS(=O)(=O)C2)cn1. The van der Waals surface area contributed by atoms with Crippen molar-refractivity contribution in [3.63, 3.8) is 0 Å². The summed E-state index contributed by atoms with van der Waals surface area (Å²) in [5.74, 6) is 0.983. The minimum absolute atomic E-state index is 0.0212. The van der Waals surface area contributed by atoms with Gasteiger partial charge in [-0.3, -0.25) is 0 Å². The number of hydrogen-bond acceptors (Lipinski definition) is 6. The minimum atomic E-state index is -2.86. The number of nitrogens with zero attached hydrogens (tertiary/aromatic N) is 1. The number of sulfone groups is 1. The number of pyridine rings is 1. The molecule has 19 heavy (non-hydrogen) atoms. The summed E-state index contributed by atoms with van der Waals surface area (Å²) < 4.78 is 32.9. The molecule has 1 aromatic heterocycles. The highest BCUT2D eigenvalue weighted by Gasteiger charge is 2.27. The average molecular weight is 286 g/mol. The van der Waals surface area contributed by atoms with Gasteiger partial charge in [-0.05, 0) is 12.5 Å². The Kier molecular flexibility index (Phi) is 4.60. The number of hydrogen-bond donors (Lipinski definition) is 1. The van der Waals surface area contributed by atoms with Crippen LogP contribution in [0.1, 0.15) is 6.42 Å². The van der Waals surface area contributed by atoms with E-state index in [-0.39, 0.29) is 17.5 Å². The second kappa shape index (κ2) is 6.21. The molecule has 2 heterocycles. The monoisotopic (exact) mass is 286 g/mol. The molecule has 1 unspecified atom stereocenters. The first-order chi connectivity index (χ1) is 9.09. The van der Waals surface area contributed by atoms with Crippen LogP contribution >= 0.6 is 0 Å². The molecule has 0 bridgehead atoms. The van der Waals surface area contributed by atoms with Crippen molar-refractivity contribution in [3.05, 3.63) is 18.3 Å². The number of anilines is 1. The molecule has 106 valence electrons. The van der Waals surface area contributed by atoms with Crippen molar-refractivity contribution < 1.29 is 17.9 Å².